The summed E-state index contributed by atoms with van der Waals surface area (Å²) in [5.41, 5.74) is 1.67. The van der Waals surface area contributed by atoms with E-state index in [1.54, 1.807) is 30.5 Å². The predicted octanol–water partition coefficient (Wildman–Crippen LogP) is 1.66. The van der Waals surface area contributed by atoms with E-state index < -0.39 is 0 Å². The molecule has 0 saturated carbocycles. The molecule has 2 rings (SSSR count). The standard InChI is InChI=1S/C12H10N2O2/c15-8-13-4-3-9-5-10-6-11(16)1-2-12(10)14-7-9/h1-8,16H,(H,13,15). The highest BCUT2D eigenvalue weighted by Crippen LogP contribution is 2.19. The molecule has 0 bridgehead atoms. The molecule has 0 fully saturated rings. The zero-order valence-electron chi connectivity index (χ0n) is 8.42. The van der Waals surface area contributed by atoms with Crippen LogP contribution in [0.15, 0.2) is 36.7 Å². The number of carbonyl (C=O) groups excluding carboxylic acids is 1. The van der Waals surface area contributed by atoms with Crippen molar-refractivity contribution >= 4 is 23.4 Å². The van der Waals surface area contributed by atoms with Gasteiger partial charge in [-0.05, 0) is 35.9 Å². The summed E-state index contributed by atoms with van der Waals surface area (Å²) in [6.07, 6.45) is 5.54. The van der Waals surface area contributed by atoms with Gasteiger partial charge in [-0.15, -0.1) is 0 Å². The van der Waals surface area contributed by atoms with E-state index in [4.69, 9.17) is 0 Å². The number of hydrogen-bond donors (Lipinski definition) is 2. The molecule has 4 heteroatoms. The summed E-state index contributed by atoms with van der Waals surface area (Å²) < 4.78 is 0. The number of hydrogen-bond acceptors (Lipinski definition) is 3. The van der Waals surface area contributed by atoms with E-state index in [2.05, 4.69) is 10.3 Å². The number of fused-ring (bicyclic) bond motifs is 1. The number of carbonyl (C=O) groups is 1. The molecule has 2 aromatic rings. The fourth-order valence-corrected chi connectivity index (χ4v) is 1.41. The average molecular weight is 214 g/mol. The third-order valence-corrected chi connectivity index (χ3v) is 2.13. The highest BCUT2D eigenvalue weighted by Gasteiger charge is 1.96. The van der Waals surface area contributed by atoms with Crippen molar-refractivity contribution in [2.75, 3.05) is 0 Å². The molecule has 0 radical (unpaired) electrons. The molecule has 0 aliphatic carbocycles. The van der Waals surface area contributed by atoms with Crippen LogP contribution >= 0.6 is 0 Å². The Labute approximate surface area is 92.2 Å². The molecule has 1 aromatic carbocycles. The summed E-state index contributed by atoms with van der Waals surface area (Å²) >= 11 is 0. The quantitative estimate of drug-likeness (QED) is 0.764. The lowest BCUT2D eigenvalue weighted by Crippen LogP contribution is -1.97. The Morgan fingerprint density at radius 2 is 2.19 bits per heavy atom. The highest BCUT2D eigenvalue weighted by atomic mass is 16.3. The average Bonchev–Trinajstić information content (AvgIpc) is 2.29. The first-order chi connectivity index (χ1) is 7.79. The minimum absolute atomic E-state index is 0.210. The van der Waals surface area contributed by atoms with Crippen molar-refractivity contribution in [1.29, 1.82) is 0 Å². The third-order valence-electron chi connectivity index (χ3n) is 2.13. The molecule has 0 spiro atoms. The maximum absolute atomic E-state index is 10.0. The van der Waals surface area contributed by atoms with Crippen molar-refractivity contribution in [3.8, 4) is 5.75 Å². The first-order valence-corrected chi connectivity index (χ1v) is 4.74. The summed E-state index contributed by atoms with van der Waals surface area (Å²) in [7, 11) is 0. The number of aromatic nitrogens is 1. The van der Waals surface area contributed by atoms with Gasteiger partial charge >= 0.3 is 0 Å². The number of amides is 1. The molecule has 4 nitrogen and oxygen atoms in total. The van der Waals surface area contributed by atoms with E-state index in [9.17, 15) is 9.90 Å². The zero-order chi connectivity index (χ0) is 11.4. The van der Waals surface area contributed by atoms with E-state index in [0.717, 1.165) is 16.5 Å². The first-order valence-electron chi connectivity index (χ1n) is 4.74. The van der Waals surface area contributed by atoms with Crippen LogP contribution in [-0.4, -0.2) is 16.5 Å². The zero-order valence-corrected chi connectivity index (χ0v) is 8.42. The van der Waals surface area contributed by atoms with Crippen LogP contribution in [0.1, 0.15) is 5.56 Å². The van der Waals surface area contributed by atoms with Crippen LogP contribution in [0.25, 0.3) is 17.0 Å². The maximum Gasteiger partial charge on any atom is 0.211 e. The van der Waals surface area contributed by atoms with E-state index in [-0.39, 0.29) is 5.75 Å². The summed E-state index contributed by atoms with van der Waals surface area (Å²) in [6, 6.07) is 6.87. The molecule has 1 aromatic heterocycles. The van der Waals surface area contributed by atoms with Crippen molar-refractivity contribution < 1.29 is 9.90 Å². The fourth-order valence-electron chi connectivity index (χ4n) is 1.41. The topological polar surface area (TPSA) is 62.2 Å². The van der Waals surface area contributed by atoms with Crippen LogP contribution < -0.4 is 5.32 Å². The Hall–Kier alpha value is -2.36. The second-order valence-electron chi connectivity index (χ2n) is 3.26. The molecule has 0 aliphatic heterocycles. The predicted molar refractivity (Wildman–Crippen MR) is 61.6 cm³/mol. The number of nitrogens with one attached hydrogen (secondary N) is 1. The molecular formula is C12H10N2O2. The van der Waals surface area contributed by atoms with Gasteiger partial charge in [0.05, 0.1) is 5.52 Å². The van der Waals surface area contributed by atoms with Gasteiger partial charge in [-0.25, -0.2) is 0 Å². The molecule has 0 saturated heterocycles. The summed E-state index contributed by atoms with van der Waals surface area (Å²) in [5, 5.41) is 12.6. The molecule has 2 N–H and O–H groups in total. The number of phenolic OH excluding ortho intramolecular Hbond substituents is 1. The Morgan fingerprint density at radius 3 is 3.00 bits per heavy atom. The normalized spacial score (nSPS) is 10.8. The van der Waals surface area contributed by atoms with E-state index in [1.807, 2.05) is 6.07 Å². The maximum atomic E-state index is 10.0. The molecule has 16 heavy (non-hydrogen) atoms. The van der Waals surface area contributed by atoms with Crippen molar-refractivity contribution in [2.24, 2.45) is 0 Å². The number of pyridine rings is 1. The molecule has 0 atom stereocenters. The number of nitrogens with zero attached hydrogens (tertiary/aromatic N) is 1. The lowest BCUT2D eigenvalue weighted by molar-refractivity contribution is -0.108. The van der Waals surface area contributed by atoms with Crippen molar-refractivity contribution in [2.45, 2.75) is 0 Å². The monoisotopic (exact) mass is 214 g/mol. The Morgan fingerprint density at radius 1 is 1.31 bits per heavy atom. The van der Waals surface area contributed by atoms with Crippen LogP contribution in [0.5, 0.6) is 5.75 Å². The Kier molecular flexibility index (Phi) is 2.82. The second-order valence-corrected chi connectivity index (χ2v) is 3.26. The van der Waals surface area contributed by atoms with Crippen LogP contribution in [0.4, 0.5) is 0 Å². The van der Waals surface area contributed by atoms with Crippen LogP contribution in [0, 0.1) is 0 Å². The number of aromatic hydroxyl groups is 1. The largest absolute Gasteiger partial charge is 0.508 e. The van der Waals surface area contributed by atoms with Crippen LogP contribution in [0.2, 0.25) is 0 Å². The molecule has 0 aliphatic rings. The Bertz CT molecular complexity index is 550. The van der Waals surface area contributed by atoms with Gasteiger partial charge in [-0.3, -0.25) is 9.78 Å². The number of phenols is 1. The summed E-state index contributed by atoms with van der Waals surface area (Å²) in [6.45, 7) is 0. The number of benzene rings is 1. The van der Waals surface area contributed by atoms with Gasteiger partial charge in [0.25, 0.3) is 0 Å². The fraction of sp³-hybridized carbons (Fsp3) is 0. The SMILES string of the molecule is O=CNC=Cc1cnc2ccc(O)cc2c1. The lowest BCUT2D eigenvalue weighted by atomic mass is 10.1. The minimum Gasteiger partial charge on any atom is -0.508 e. The second kappa shape index (κ2) is 4.44. The molecule has 80 valence electrons. The van der Waals surface area contributed by atoms with Crippen molar-refractivity contribution in [3.05, 3.63) is 42.2 Å². The van der Waals surface area contributed by atoms with Gasteiger partial charge in [-0.2, -0.15) is 0 Å². The number of rotatable bonds is 3. The van der Waals surface area contributed by atoms with Gasteiger partial charge in [0.2, 0.25) is 6.41 Å². The van der Waals surface area contributed by atoms with Gasteiger partial charge in [0.15, 0.2) is 0 Å². The lowest BCUT2D eigenvalue weighted by Gasteiger charge is -1.99. The molecule has 1 heterocycles. The van der Waals surface area contributed by atoms with Gasteiger partial charge in [0.1, 0.15) is 5.75 Å². The first kappa shape index (κ1) is 10.2. The Balaban J connectivity index is 2.38. The van der Waals surface area contributed by atoms with Crippen molar-refractivity contribution in [1.82, 2.24) is 10.3 Å². The van der Waals surface area contributed by atoms with Crippen LogP contribution in [0.3, 0.4) is 0 Å². The van der Waals surface area contributed by atoms with E-state index in [0.29, 0.717) is 6.41 Å². The molecule has 0 unspecified atom stereocenters. The van der Waals surface area contributed by atoms with E-state index in [1.165, 1.54) is 6.20 Å². The molecular weight excluding hydrogens is 204 g/mol. The van der Waals surface area contributed by atoms with Crippen molar-refractivity contribution in [3.63, 3.8) is 0 Å². The van der Waals surface area contributed by atoms with Gasteiger partial charge in [-0.1, -0.05) is 0 Å². The molecule has 1 amide bonds. The van der Waals surface area contributed by atoms with Gasteiger partial charge < -0.3 is 10.4 Å². The van der Waals surface area contributed by atoms with Crippen LogP contribution in [-0.2, 0) is 4.79 Å². The minimum atomic E-state index is 0.210. The van der Waals surface area contributed by atoms with E-state index >= 15 is 0 Å². The third kappa shape index (κ3) is 2.17. The summed E-state index contributed by atoms with van der Waals surface area (Å²) in [4.78, 5) is 14.3. The van der Waals surface area contributed by atoms with Gasteiger partial charge in [0, 0.05) is 17.8 Å². The highest BCUT2D eigenvalue weighted by molar-refractivity contribution is 5.82. The smallest absolute Gasteiger partial charge is 0.211 e. The summed E-state index contributed by atoms with van der Waals surface area (Å²) in [5.74, 6) is 0.210.